The molecule has 0 aliphatic carbocycles. The Morgan fingerprint density at radius 2 is 2.06 bits per heavy atom. The highest BCUT2D eigenvalue weighted by atomic mass is 16.5. The molecule has 0 bridgehead atoms. The lowest BCUT2D eigenvalue weighted by molar-refractivity contribution is -0.0355. The van der Waals surface area contributed by atoms with Gasteiger partial charge >= 0.3 is 0 Å². The van der Waals surface area contributed by atoms with Gasteiger partial charge in [-0.15, -0.1) is 0 Å². The largest absolute Gasteiger partial charge is 0.378 e. The van der Waals surface area contributed by atoms with Crippen LogP contribution in [0, 0.1) is 0 Å². The van der Waals surface area contributed by atoms with Gasteiger partial charge in [0.25, 0.3) is 0 Å². The first kappa shape index (κ1) is 14.3. The molecular weight excluding hydrogens is 224 g/mol. The lowest BCUT2D eigenvalue weighted by atomic mass is 9.93. The second-order valence-electron chi connectivity index (χ2n) is 6.12. The molecule has 2 saturated heterocycles. The Kier molecular flexibility index (Phi) is 5.46. The van der Waals surface area contributed by atoms with Crippen LogP contribution in [0.15, 0.2) is 0 Å². The maximum Gasteiger partial charge on any atom is 0.0561 e. The van der Waals surface area contributed by atoms with Crippen LogP contribution in [0.4, 0.5) is 0 Å². The minimum Gasteiger partial charge on any atom is -0.378 e. The number of likely N-dealkylation sites (tertiary alicyclic amines) is 1. The Balaban J connectivity index is 1.81. The predicted molar refractivity (Wildman–Crippen MR) is 75.9 cm³/mol. The Hall–Kier alpha value is -0.120. The van der Waals surface area contributed by atoms with Gasteiger partial charge in [-0.1, -0.05) is 6.92 Å². The zero-order valence-corrected chi connectivity index (χ0v) is 12.3. The molecule has 3 nitrogen and oxygen atoms in total. The van der Waals surface area contributed by atoms with E-state index in [1.807, 2.05) is 0 Å². The number of hydrogen-bond donors (Lipinski definition) is 1. The lowest BCUT2D eigenvalue weighted by Crippen LogP contribution is -2.53. The summed E-state index contributed by atoms with van der Waals surface area (Å²) in [6, 6.07) is 2.23. The number of rotatable bonds is 4. The van der Waals surface area contributed by atoms with Gasteiger partial charge in [0, 0.05) is 31.3 Å². The fraction of sp³-hybridized carbons (Fsp3) is 1.00. The molecule has 3 heteroatoms. The van der Waals surface area contributed by atoms with Crippen molar-refractivity contribution in [3.8, 4) is 0 Å². The van der Waals surface area contributed by atoms with Crippen LogP contribution >= 0.6 is 0 Å². The zero-order valence-electron chi connectivity index (χ0n) is 12.3. The van der Waals surface area contributed by atoms with E-state index in [2.05, 4.69) is 31.0 Å². The Morgan fingerprint density at radius 3 is 2.72 bits per heavy atom. The van der Waals surface area contributed by atoms with Crippen LogP contribution in [-0.4, -0.2) is 48.8 Å². The minimum absolute atomic E-state index is 0.451. The van der Waals surface area contributed by atoms with Crippen LogP contribution in [0.3, 0.4) is 0 Å². The van der Waals surface area contributed by atoms with E-state index in [-0.39, 0.29) is 0 Å². The fourth-order valence-corrected chi connectivity index (χ4v) is 3.54. The molecule has 2 fully saturated rings. The van der Waals surface area contributed by atoms with Gasteiger partial charge in [-0.3, -0.25) is 4.90 Å². The number of nitrogens with one attached hydrogen (secondary N) is 1. The highest BCUT2D eigenvalue weighted by molar-refractivity contribution is 4.88. The third-order valence-electron chi connectivity index (χ3n) is 4.54. The molecule has 0 aromatic carbocycles. The normalized spacial score (nSPS) is 38.8. The molecule has 106 valence electrons. The lowest BCUT2D eigenvalue weighted by Gasteiger charge is -2.45. The summed E-state index contributed by atoms with van der Waals surface area (Å²) < 4.78 is 5.67. The summed E-state index contributed by atoms with van der Waals surface area (Å²) in [7, 11) is 0. The summed E-state index contributed by atoms with van der Waals surface area (Å²) in [5.74, 6) is 0. The molecule has 2 aliphatic heterocycles. The summed E-state index contributed by atoms with van der Waals surface area (Å²) in [5, 5.41) is 3.68. The van der Waals surface area contributed by atoms with E-state index in [1.165, 1.54) is 45.2 Å². The Labute approximate surface area is 112 Å². The van der Waals surface area contributed by atoms with Crippen molar-refractivity contribution in [3.63, 3.8) is 0 Å². The van der Waals surface area contributed by atoms with E-state index >= 15 is 0 Å². The van der Waals surface area contributed by atoms with Crippen molar-refractivity contribution >= 4 is 0 Å². The van der Waals surface area contributed by atoms with E-state index in [0.717, 1.165) is 24.7 Å². The van der Waals surface area contributed by atoms with E-state index in [4.69, 9.17) is 4.74 Å². The van der Waals surface area contributed by atoms with Gasteiger partial charge in [0.1, 0.15) is 0 Å². The molecular formula is C15H30N2O. The molecule has 0 amide bonds. The van der Waals surface area contributed by atoms with E-state index < -0.39 is 0 Å². The molecule has 0 radical (unpaired) electrons. The number of nitrogens with zero attached hydrogens (tertiary/aromatic N) is 1. The van der Waals surface area contributed by atoms with Crippen LogP contribution in [0.25, 0.3) is 0 Å². The average Bonchev–Trinajstić information content (AvgIpc) is 2.36. The zero-order chi connectivity index (χ0) is 13.0. The summed E-state index contributed by atoms with van der Waals surface area (Å²) in [5.41, 5.74) is 0. The van der Waals surface area contributed by atoms with Crippen molar-refractivity contribution in [1.29, 1.82) is 0 Å². The molecule has 18 heavy (non-hydrogen) atoms. The Bertz CT molecular complexity index is 247. The molecule has 0 aromatic rings. The van der Waals surface area contributed by atoms with Crippen molar-refractivity contribution in [3.05, 3.63) is 0 Å². The second kappa shape index (κ2) is 6.88. The first-order valence-corrected chi connectivity index (χ1v) is 7.81. The van der Waals surface area contributed by atoms with Crippen molar-refractivity contribution < 1.29 is 4.74 Å². The topological polar surface area (TPSA) is 24.5 Å². The molecule has 0 aromatic heterocycles. The van der Waals surface area contributed by atoms with Crippen LogP contribution in [0.2, 0.25) is 0 Å². The van der Waals surface area contributed by atoms with Gasteiger partial charge in [-0.05, 0) is 52.5 Å². The van der Waals surface area contributed by atoms with Crippen LogP contribution in [-0.2, 0) is 4.74 Å². The van der Waals surface area contributed by atoms with Crippen molar-refractivity contribution in [1.82, 2.24) is 10.2 Å². The molecule has 4 unspecified atom stereocenters. The van der Waals surface area contributed by atoms with Gasteiger partial charge in [0.2, 0.25) is 0 Å². The van der Waals surface area contributed by atoms with E-state index in [1.54, 1.807) is 0 Å². The monoisotopic (exact) mass is 254 g/mol. The molecule has 2 aliphatic rings. The quantitative estimate of drug-likeness (QED) is 0.834. The minimum atomic E-state index is 0.451. The average molecular weight is 254 g/mol. The molecule has 0 spiro atoms. The van der Waals surface area contributed by atoms with Crippen LogP contribution in [0.5, 0.6) is 0 Å². The van der Waals surface area contributed by atoms with E-state index in [9.17, 15) is 0 Å². The molecule has 2 rings (SSSR count). The SMILES string of the molecule is CCCNC1CCN(C2CCOC(C)C2)C(C)C1. The van der Waals surface area contributed by atoms with Crippen molar-refractivity contribution in [2.45, 2.75) is 77.1 Å². The summed E-state index contributed by atoms with van der Waals surface area (Å²) >= 11 is 0. The van der Waals surface area contributed by atoms with Gasteiger partial charge in [0.15, 0.2) is 0 Å². The number of ether oxygens (including phenoxy) is 1. The third-order valence-corrected chi connectivity index (χ3v) is 4.54. The summed E-state index contributed by atoms with van der Waals surface area (Å²) in [6.45, 7) is 10.2. The van der Waals surface area contributed by atoms with Crippen LogP contribution < -0.4 is 5.32 Å². The molecule has 2 heterocycles. The van der Waals surface area contributed by atoms with Crippen molar-refractivity contribution in [2.24, 2.45) is 0 Å². The molecule has 4 atom stereocenters. The van der Waals surface area contributed by atoms with Gasteiger partial charge in [-0.2, -0.15) is 0 Å². The second-order valence-corrected chi connectivity index (χ2v) is 6.12. The van der Waals surface area contributed by atoms with E-state index in [0.29, 0.717) is 6.10 Å². The Morgan fingerprint density at radius 1 is 1.22 bits per heavy atom. The summed E-state index contributed by atoms with van der Waals surface area (Å²) in [6.07, 6.45) is 6.76. The first-order valence-electron chi connectivity index (χ1n) is 7.81. The number of hydrogen-bond acceptors (Lipinski definition) is 3. The van der Waals surface area contributed by atoms with Gasteiger partial charge < -0.3 is 10.1 Å². The van der Waals surface area contributed by atoms with Gasteiger partial charge in [0.05, 0.1) is 6.10 Å². The van der Waals surface area contributed by atoms with Crippen LogP contribution in [0.1, 0.15) is 52.9 Å². The predicted octanol–water partition coefficient (Wildman–Crippen LogP) is 2.41. The number of piperidine rings is 1. The third kappa shape index (κ3) is 3.69. The maximum atomic E-state index is 5.67. The summed E-state index contributed by atoms with van der Waals surface area (Å²) in [4.78, 5) is 2.74. The van der Waals surface area contributed by atoms with Crippen molar-refractivity contribution in [2.75, 3.05) is 19.7 Å². The van der Waals surface area contributed by atoms with Gasteiger partial charge in [-0.25, -0.2) is 0 Å². The highest BCUT2D eigenvalue weighted by Gasteiger charge is 2.32. The standard InChI is InChI=1S/C15H30N2O/c1-4-7-16-14-5-8-17(12(2)10-14)15-6-9-18-13(3)11-15/h12-16H,4-11H2,1-3H3. The fourth-order valence-electron chi connectivity index (χ4n) is 3.54. The molecule has 1 N–H and O–H groups in total. The highest BCUT2D eigenvalue weighted by Crippen LogP contribution is 2.26. The molecule has 0 saturated carbocycles. The smallest absolute Gasteiger partial charge is 0.0561 e. The first-order chi connectivity index (χ1) is 8.70. The maximum absolute atomic E-state index is 5.67.